The molecular formula is C15H27N3O4S. The highest BCUT2D eigenvalue weighted by atomic mass is 32.2. The molecule has 0 aromatic rings. The van der Waals surface area contributed by atoms with E-state index in [0.29, 0.717) is 19.5 Å². The largest absolute Gasteiger partial charge is 0.337 e. The smallest absolute Gasteiger partial charge is 0.315 e. The molecule has 1 aliphatic carbocycles. The summed E-state index contributed by atoms with van der Waals surface area (Å²) in [6, 6.07) is -0.229. The van der Waals surface area contributed by atoms with Gasteiger partial charge in [-0.3, -0.25) is 4.79 Å². The van der Waals surface area contributed by atoms with E-state index in [1.54, 1.807) is 4.90 Å². The van der Waals surface area contributed by atoms with Gasteiger partial charge in [0, 0.05) is 32.1 Å². The molecule has 0 radical (unpaired) electrons. The summed E-state index contributed by atoms with van der Waals surface area (Å²) < 4.78 is 23.1. The van der Waals surface area contributed by atoms with Crippen molar-refractivity contribution < 1.29 is 18.0 Å². The molecule has 1 atom stereocenters. The summed E-state index contributed by atoms with van der Waals surface area (Å²) in [5, 5.41) is 5.72. The summed E-state index contributed by atoms with van der Waals surface area (Å²) >= 11 is 0. The minimum atomic E-state index is -3.03. The molecule has 8 heteroatoms. The second-order valence-corrected chi connectivity index (χ2v) is 8.73. The molecular weight excluding hydrogens is 318 g/mol. The lowest BCUT2D eigenvalue weighted by molar-refractivity contribution is -0.130. The molecule has 3 amide bonds. The van der Waals surface area contributed by atoms with Crippen LogP contribution in [0.25, 0.3) is 0 Å². The molecule has 1 unspecified atom stereocenters. The molecule has 2 rings (SSSR count). The van der Waals surface area contributed by atoms with Crippen LogP contribution in [0.1, 0.15) is 45.4 Å². The zero-order valence-electron chi connectivity index (χ0n) is 13.7. The van der Waals surface area contributed by atoms with Gasteiger partial charge in [0.15, 0.2) is 9.84 Å². The van der Waals surface area contributed by atoms with Crippen LogP contribution in [0.15, 0.2) is 0 Å². The first kappa shape index (κ1) is 18.0. The minimum absolute atomic E-state index is 0.0286. The second-order valence-electron chi connectivity index (χ2n) is 6.50. The first-order valence-electron chi connectivity index (χ1n) is 8.39. The lowest BCUT2D eigenvalue weighted by Crippen LogP contribution is -2.48. The molecule has 23 heavy (non-hydrogen) atoms. The fourth-order valence-electron chi connectivity index (χ4n) is 3.39. The summed E-state index contributed by atoms with van der Waals surface area (Å²) in [7, 11) is -3.03. The summed E-state index contributed by atoms with van der Waals surface area (Å²) in [5.74, 6) is 0.0133. The number of carbonyl (C=O) groups is 2. The minimum Gasteiger partial charge on any atom is -0.337 e. The molecule has 2 aliphatic rings. The Morgan fingerprint density at radius 2 is 1.83 bits per heavy atom. The number of hydrogen-bond donors (Lipinski definition) is 2. The zero-order chi connectivity index (χ0) is 16.9. The standard InChI is InChI=1S/C15H27N3O4S/c1-12(19)18(14-7-10-23(21,22)11-14)9-8-16-15(20)17-13-5-3-2-4-6-13/h13-14H,2-11H2,1H3,(H2,16,17,20). The highest BCUT2D eigenvalue weighted by Gasteiger charge is 2.33. The highest BCUT2D eigenvalue weighted by molar-refractivity contribution is 7.91. The third-order valence-electron chi connectivity index (χ3n) is 4.63. The van der Waals surface area contributed by atoms with Gasteiger partial charge in [-0.25, -0.2) is 13.2 Å². The molecule has 0 bridgehead atoms. The maximum absolute atomic E-state index is 11.9. The molecule has 0 aromatic carbocycles. The zero-order valence-corrected chi connectivity index (χ0v) is 14.5. The summed E-state index contributed by atoms with van der Waals surface area (Å²) in [6.07, 6.45) is 6.06. The van der Waals surface area contributed by atoms with E-state index < -0.39 is 9.84 Å². The Morgan fingerprint density at radius 1 is 1.13 bits per heavy atom. The van der Waals surface area contributed by atoms with Gasteiger partial charge in [-0.2, -0.15) is 0 Å². The SMILES string of the molecule is CC(=O)N(CCNC(=O)NC1CCCCC1)C1CCS(=O)(=O)C1. The number of sulfone groups is 1. The van der Waals surface area contributed by atoms with E-state index >= 15 is 0 Å². The molecule has 1 saturated heterocycles. The van der Waals surface area contributed by atoms with Gasteiger partial charge in [0.1, 0.15) is 0 Å². The third-order valence-corrected chi connectivity index (χ3v) is 6.38. The summed E-state index contributed by atoms with van der Waals surface area (Å²) in [5.41, 5.74) is 0. The molecule has 2 N–H and O–H groups in total. The Labute approximate surface area is 138 Å². The number of rotatable bonds is 5. The monoisotopic (exact) mass is 345 g/mol. The van der Waals surface area contributed by atoms with Crippen LogP contribution in [-0.2, 0) is 14.6 Å². The van der Waals surface area contributed by atoms with Crippen molar-refractivity contribution in [3.8, 4) is 0 Å². The number of nitrogens with one attached hydrogen (secondary N) is 2. The maximum Gasteiger partial charge on any atom is 0.315 e. The van der Waals surface area contributed by atoms with Crippen molar-refractivity contribution in [1.29, 1.82) is 0 Å². The molecule has 7 nitrogen and oxygen atoms in total. The van der Waals surface area contributed by atoms with Gasteiger partial charge in [0.05, 0.1) is 11.5 Å². The van der Waals surface area contributed by atoms with Gasteiger partial charge in [-0.15, -0.1) is 0 Å². The van der Waals surface area contributed by atoms with E-state index in [9.17, 15) is 18.0 Å². The van der Waals surface area contributed by atoms with Gasteiger partial charge in [0.2, 0.25) is 5.91 Å². The third kappa shape index (κ3) is 5.67. The highest BCUT2D eigenvalue weighted by Crippen LogP contribution is 2.18. The number of urea groups is 1. The van der Waals surface area contributed by atoms with Gasteiger partial charge >= 0.3 is 6.03 Å². The molecule has 2 fully saturated rings. The van der Waals surface area contributed by atoms with Crippen LogP contribution in [0.5, 0.6) is 0 Å². The number of hydrogen-bond acceptors (Lipinski definition) is 4. The average molecular weight is 345 g/mol. The number of carbonyl (C=O) groups excluding carboxylic acids is 2. The Kier molecular flexibility index (Phi) is 6.26. The van der Waals surface area contributed by atoms with Crippen LogP contribution in [-0.4, -0.2) is 61.9 Å². The topological polar surface area (TPSA) is 95.6 Å². The fourth-order valence-corrected chi connectivity index (χ4v) is 5.12. The van der Waals surface area contributed by atoms with Gasteiger partial charge in [0.25, 0.3) is 0 Å². The lowest BCUT2D eigenvalue weighted by Gasteiger charge is -2.27. The predicted molar refractivity (Wildman–Crippen MR) is 87.9 cm³/mol. The van der Waals surface area contributed by atoms with E-state index in [1.165, 1.54) is 13.3 Å². The molecule has 1 aliphatic heterocycles. The predicted octanol–water partition coefficient (Wildman–Crippen LogP) is 0.654. The molecule has 1 heterocycles. The number of amides is 3. The van der Waals surface area contributed by atoms with Crippen molar-refractivity contribution in [2.45, 2.75) is 57.5 Å². The van der Waals surface area contributed by atoms with E-state index in [0.717, 1.165) is 25.7 Å². The molecule has 132 valence electrons. The molecule has 0 spiro atoms. The van der Waals surface area contributed by atoms with Crippen molar-refractivity contribution >= 4 is 21.8 Å². The van der Waals surface area contributed by atoms with Crippen molar-refractivity contribution in [3.05, 3.63) is 0 Å². The van der Waals surface area contributed by atoms with Crippen LogP contribution in [0.3, 0.4) is 0 Å². The second kappa shape index (κ2) is 7.99. The van der Waals surface area contributed by atoms with E-state index in [1.807, 2.05) is 0 Å². The van der Waals surface area contributed by atoms with Crippen molar-refractivity contribution in [2.75, 3.05) is 24.6 Å². The van der Waals surface area contributed by atoms with E-state index in [4.69, 9.17) is 0 Å². The van der Waals surface area contributed by atoms with E-state index in [2.05, 4.69) is 10.6 Å². The van der Waals surface area contributed by atoms with E-state index in [-0.39, 0.29) is 35.5 Å². The molecule has 0 aromatic heterocycles. The lowest BCUT2D eigenvalue weighted by atomic mass is 9.96. The summed E-state index contributed by atoms with van der Waals surface area (Å²) in [6.45, 7) is 2.11. The van der Waals surface area contributed by atoms with Crippen molar-refractivity contribution in [3.63, 3.8) is 0 Å². The van der Waals surface area contributed by atoms with Crippen molar-refractivity contribution in [2.24, 2.45) is 0 Å². The Balaban J connectivity index is 1.73. The van der Waals surface area contributed by atoms with Crippen LogP contribution < -0.4 is 10.6 Å². The molecule has 1 saturated carbocycles. The number of nitrogens with zero attached hydrogens (tertiary/aromatic N) is 1. The average Bonchev–Trinajstić information content (AvgIpc) is 2.84. The Morgan fingerprint density at radius 3 is 2.39 bits per heavy atom. The van der Waals surface area contributed by atoms with Gasteiger partial charge in [-0.05, 0) is 19.3 Å². The van der Waals surface area contributed by atoms with Crippen molar-refractivity contribution in [1.82, 2.24) is 15.5 Å². The van der Waals surface area contributed by atoms with Gasteiger partial charge in [-0.1, -0.05) is 19.3 Å². The van der Waals surface area contributed by atoms with Crippen LogP contribution in [0.4, 0.5) is 4.79 Å². The Hall–Kier alpha value is -1.31. The maximum atomic E-state index is 11.9. The summed E-state index contributed by atoms with van der Waals surface area (Å²) in [4.78, 5) is 25.2. The fraction of sp³-hybridized carbons (Fsp3) is 0.867. The normalized spacial score (nSPS) is 24.1. The van der Waals surface area contributed by atoms with Gasteiger partial charge < -0.3 is 15.5 Å². The first-order valence-corrected chi connectivity index (χ1v) is 10.2. The Bertz CT molecular complexity index is 529. The van der Waals surface area contributed by atoms with Crippen LogP contribution in [0, 0.1) is 0 Å². The first-order chi connectivity index (χ1) is 10.9. The van der Waals surface area contributed by atoms with Crippen LogP contribution >= 0.6 is 0 Å². The van der Waals surface area contributed by atoms with Crippen LogP contribution in [0.2, 0.25) is 0 Å². The quantitative estimate of drug-likeness (QED) is 0.765.